The van der Waals surface area contributed by atoms with Crippen LogP contribution in [0.25, 0.3) is 0 Å². The first-order valence-electron chi connectivity index (χ1n) is 7.29. The van der Waals surface area contributed by atoms with Crippen molar-refractivity contribution in [3.05, 3.63) is 5.82 Å². The predicted octanol–water partition coefficient (Wildman–Crippen LogP) is 1.86. The predicted molar refractivity (Wildman–Crippen MR) is 93.5 cm³/mol. The summed E-state index contributed by atoms with van der Waals surface area (Å²) < 4.78 is 2.17. The molecule has 0 bridgehead atoms. The van der Waals surface area contributed by atoms with Gasteiger partial charge in [-0.3, -0.25) is 4.79 Å². The zero-order valence-corrected chi connectivity index (χ0v) is 15.7. The van der Waals surface area contributed by atoms with Gasteiger partial charge in [-0.25, -0.2) is 0 Å². The van der Waals surface area contributed by atoms with Crippen LogP contribution in [0.1, 0.15) is 39.9 Å². The Labute approximate surface area is 143 Å². The molecule has 0 radical (unpaired) electrons. The third-order valence-corrected chi connectivity index (χ3v) is 3.64. The maximum atomic E-state index is 11.7. The maximum absolute atomic E-state index is 11.7. The molecule has 0 saturated heterocycles. The number of carbonyl (C=O) groups excluding carboxylic acids is 1. The van der Waals surface area contributed by atoms with Crippen molar-refractivity contribution in [2.75, 3.05) is 12.8 Å². The van der Waals surface area contributed by atoms with Crippen LogP contribution >= 0.6 is 24.2 Å². The van der Waals surface area contributed by atoms with Gasteiger partial charge in [0, 0.05) is 19.5 Å². The van der Waals surface area contributed by atoms with E-state index in [4.69, 9.17) is 5.73 Å². The topological polar surface area (TPSA) is 85.8 Å². The minimum atomic E-state index is -0.830. The van der Waals surface area contributed by atoms with E-state index in [9.17, 15) is 4.79 Å². The van der Waals surface area contributed by atoms with Gasteiger partial charge >= 0.3 is 0 Å². The molecule has 0 atom stereocenters. The Morgan fingerprint density at radius 2 is 2.05 bits per heavy atom. The highest BCUT2D eigenvalue weighted by Crippen LogP contribution is 2.16. The molecule has 0 aliphatic rings. The van der Waals surface area contributed by atoms with Crippen LogP contribution in [0.5, 0.6) is 0 Å². The Balaban J connectivity index is 0.00000441. The van der Waals surface area contributed by atoms with E-state index < -0.39 is 5.54 Å². The fourth-order valence-corrected chi connectivity index (χ4v) is 2.40. The molecular weight excluding hydrogens is 322 g/mol. The van der Waals surface area contributed by atoms with Crippen molar-refractivity contribution in [3.8, 4) is 0 Å². The van der Waals surface area contributed by atoms with Gasteiger partial charge in [0.1, 0.15) is 5.82 Å². The highest BCUT2D eigenvalue weighted by Gasteiger charge is 2.21. The largest absolute Gasteiger partial charge is 0.355 e. The van der Waals surface area contributed by atoms with E-state index in [1.807, 2.05) is 6.26 Å². The SMILES string of the molecule is CSc1nnc(CCCNC(=O)C(C)(C)N)n1CC(C)C.Cl. The summed E-state index contributed by atoms with van der Waals surface area (Å²) in [4.78, 5) is 11.7. The number of nitrogens with zero attached hydrogens (tertiary/aromatic N) is 3. The summed E-state index contributed by atoms with van der Waals surface area (Å²) in [6.07, 6.45) is 3.63. The summed E-state index contributed by atoms with van der Waals surface area (Å²) in [5.41, 5.74) is 4.90. The number of halogens is 1. The number of nitrogens with one attached hydrogen (secondary N) is 1. The second-order valence-electron chi connectivity index (χ2n) is 6.19. The Kier molecular flexibility index (Phi) is 9.04. The van der Waals surface area contributed by atoms with Crippen molar-refractivity contribution in [2.24, 2.45) is 11.7 Å². The van der Waals surface area contributed by atoms with Crippen molar-refractivity contribution in [1.29, 1.82) is 0 Å². The number of amides is 1. The zero-order valence-electron chi connectivity index (χ0n) is 14.0. The second kappa shape index (κ2) is 9.37. The molecule has 0 aromatic carbocycles. The van der Waals surface area contributed by atoms with Crippen molar-refractivity contribution in [3.63, 3.8) is 0 Å². The zero-order chi connectivity index (χ0) is 16.0. The van der Waals surface area contributed by atoms with Gasteiger partial charge in [-0.05, 0) is 32.4 Å². The van der Waals surface area contributed by atoms with Crippen molar-refractivity contribution in [2.45, 2.75) is 57.8 Å². The minimum absolute atomic E-state index is 0. The second-order valence-corrected chi connectivity index (χ2v) is 6.96. The molecule has 1 amide bonds. The maximum Gasteiger partial charge on any atom is 0.239 e. The molecule has 0 fully saturated rings. The number of nitrogens with two attached hydrogens (primary N) is 1. The first-order chi connectivity index (χ1) is 9.75. The van der Waals surface area contributed by atoms with Crippen LogP contribution in [-0.4, -0.2) is 39.0 Å². The number of rotatable bonds is 8. The summed E-state index contributed by atoms with van der Waals surface area (Å²) in [5.74, 6) is 1.40. The lowest BCUT2D eigenvalue weighted by Gasteiger charge is -2.17. The lowest BCUT2D eigenvalue weighted by Crippen LogP contribution is -2.49. The highest BCUT2D eigenvalue weighted by atomic mass is 35.5. The first kappa shape index (κ1) is 21.2. The fraction of sp³-hybridized carbons (Fsp3) is 0.786. The van der Waals surface area contributed by atoms with Gasteiger partial charge in [-0.15, -0.1) is 22.6 Å². The van der Waals surface area contributed by atoms with E-state index in [1.54, 1.807) is 25.6 Å². The van der Waals surface area contributed by atoms with Gasteiger partial charge in [-0.1, -0.05) is 25.6 Å². The summed E-state index contributed by atoms with van der Waals surface area (Å²) in [6, 6.07) is 0. The van der Waals surface area contributed by atoms with E-state index in [2.05, 4.69) is 33.9 Å². The monoisotopic (exact) mass is 349 g/mol. The van der Waals surface area contributed by atoms with Gasteiger partial charge in [0.05, 0.1) is 5.54 Å². The molecule has 1 aromatic rings. The summed E-state index contributed by atoms with van der Waals surface area (Å²) >= 11 is 1.61. The van der Waals surface area contributed by atoms with Crippen LogP contribution < -0.4 is 11.1 Å². The molecular formula is C14H28ClN5OS. The number of carbonyl (C=O) groups is 1. The molecule has 1 rings (SSSR count). The normalized spacial score (nSPS) is 11.4. The van der Waals surface area contributed by atoms with E-state index in [1.165, 1.54) is 0 Å². The molecule has 22 heavy (non-hydrogen) atoms. The van der Waals surface area contributed by atoms with Gasteiger partial charge < -0.3 is 15.6 Å². The van der Waals surface area contributed by atoms with E-state index in [-0.39, 0.29) is 18.3 Å². The van der Waals surface area contributed by atoms with Crippen molar-refractivity contribution < 1.29 is 4.79 Å². The molecule has 0 aliphatic heterocycles. The van der Waals surface area contributed by atoms with E-state index in [0.29, 0.717) is 12.5 Å². The number of aryl methyl sites for hydroxylation is 1. The van der Waals surface area contributed by atoms with E-state index >= 15 is 0 Å². The number of hydrogen-bond donors (Lipinski definition) is 2. The Bertz CT molecular complexity index is 470. The van der Waals surface area contributed by atoms with Crippen LogP contribution in [0, 0.1) is 5.92 Å². The number of aromatic nitrogens is 3. The van der Waals surface area contributed by atoms with Crippen LogP contribution in [0.2, 0.25) is 0 Å². The Morgan fingerprint density at radius 3 is 2.55 bits per heavy atom. The summed E-state index contributed by atoms with van der Waals surface area (Å²) in [6.45, 7) is 9.27. The summed E-state index contributed by atoms with van der Waals surface area (Å²) in [7, 11) is 0. The smallest absolute Gasteiger partial charge is 0.239 e. The first-order valence-corrected chi connectivity index (χ1v) is 8.51. The van der Waals surface area contributed by atoms with Gasteiger partial charge in [-0.2, -0.15) is 0 Å². The van der Waals surface area contributed by atoms with Gasteiger partial charge in [0.25, 0.3) is 0 Å². The molecule has 128 valence electrons. The van der Waals surface area contributed by atoms with Gasteiger partial charge in [0.2, 0.25) is 5.91 Å². The lowest BCUT2D eigenvalue weighted by atomic mass is 10.1. The lowest BCUT2D eigenvalue weighted by molar-refractivity contribution is -0.125. The standard InChI is InChI=1S/C14H27N5OS.ClH/c1-10(2)9-19-11(17-18-13(19)21-5)7-6-8-16-12(20)14(3,4)15;/h10H,6-9,15H2,1-5H3,(H,16,20);1H. The molecule has 3 N–H and O–H groups in total. The molecule has 0 unspecified atom stereocenters. The van der Waals surface area contributed by atoms with Crippen LogP contribution in [0.4, 0.5) is 0 Å². The Hall–Kier alpha value is -0.790. The number of thioether (sulfide) groups is 1. The molecule has 8 heteroatoms. The molecule has 1 aromatic heterocycles. The third kappa shape index (κ3) is 6.54. The van der Waals surface area contributed by atoms with Crippen molar-refractivity contribution >= 4 is 30.1 Å². The average Bonchev–Trinajstić information content (AvgIpc) is 2.74. The molecule has 6 nitrogen and oxygen atoms in total. The molecule has 1 heterocycles. The fourth-order valence-electron chi connectivity index (χ4n) is 1.88. The molecule has 0 aliphatic carbocycles. The Morgan fingerprint density at radius 1 is 1.41 bits per heavy atom. The summed E-state index contributed by atoms with van der Waals surface area (Å²) in [5, 5.41) is 12.3. The highest BCUT2D eigenvalue weighted by molar-refractivity contribution is 7.98. The van der Waals surface area contributed by atoms with Crippen molar-refractivity contribution in [1.82, 2.24) is 20.1 Å². The van der Waals surface area contributed by atoms with Crippen LogP contribution in [0.3, 0.4) is 0 Å². The van der Waals surface area contributed by atoms with Crippen LogP contribution in [-0.2, 0) is 17.8 Å². The minimum Gasteiger partial charge on any atom is -0.355 e. The van der Waals surface area contributed by atoms with Gasteiger partial charge in [0.15, 0.2) is 5.16 Å². The third-order valence-electron chi connectivity index (χ3n) is 2.97. The molecule has 0 spiro atoms. The average molecular weight is 350 g/mol. The van der Waals surface area contributed by atoms with Crippen LogP contribution in [0.15, 0.2) is 5.16 Å². The quantitative estimate of drug-likeness (QED) is 0.552. The molecule has 0 saturated carbocycles. The number of hydrogen-bond acceptors (Lipinski definition) is 5. The van der Waals surface area contributed by atoms with E-state index in [0.717, 1.165) is 30.4 Å².